The molecule has 0 spiro atoms. The maximum Gasteiger partial charge on any atom is 0.261 e. The zero-order valence-corrected chi connectivity index (χ0v) is 19.6. The molecule has 0 fully saturated rings. The Balaban J connectivity index is 0.00000341. The van der Waals surface area contributed by atoms with E-state index in [0.29, 0.717) is 6.54 Å². The Kier molecular flexibility index (Phi) is 8.09. The lowest BCUT2D eigenvalue weighted by atomic mass is 10.2. The lowest BCUT2D eigenvalue weighted by Crippen LogP contribution is -2.37. The standard InChI is InChI=1S/C20H21F2N3O3S2.ClH/c1-4-30(27,28)17-8-6-5-7-14(17)19(26)25(10-9-24(2)3)20-23-18-15(22)11-13(21)12-16(18)29-20;/h5-8,11-12H,4,9-10H2,1-3H3;1H. The van der Waals surface area contributed by atoms with Gasteiger partial charge in [-0.1, -0.05) is 30.4 Å². The average Bonchev–Trinajstić information content (AvgIpc) is 3.11. The molecule has 0 unspecified atom stereocenters. The number of halogens is 3. The first-order valence-electron chi connectivity index (χ1n) is 9.18. The Hall–Kier alpha value is -2.14. The van der Waals surface area contributed by atoms with Crippen LogP contribution in [0.4, 0.5) is 13.9 Å². The van der Waals surface area contributed by atoms with Crippen LogP contribution in [0.5, 0.6) is 0 Å². The van der Waals surface area contributed by atoms with E-state index in [1.54, 1.807) is 12.1 Å². The number of thiazole rings is 1. The molecule has 1 heterocycles. The summed E-state index contributed by atoms with van der Waals surface area (Å²) in [5, 5.41) is 0.171. The van der Waals surface area contributed by atoms with Gasteiger partial charge in [0.05, 0.1) is 20.9 Å². The van der Waals surface area contributed by atoms with E-state index >= 15 is 0 Å². The molecule has 3 aromatic rings. The number of amides is 1. The molecule has 0 radical (unpaired) electrons. The smallest absolute Gasteiger partial charge is 0.261 e. The molecule has 11 heteroatoms. The van der Waals surface area contributed by atoms with Gasteiger partial charge in [-0.25, -0.2) is 22.2 Å². The summed E-state index contributed by atoms with van der Waals surface area (Å²) in [6.45, 7) is 2.16. The van der Waals surface area contributed by atoms with Gasteiger partial charge < -0.3 is 4.90 Å². The van der Waals surface area contributed by atoms with Crippen molar-refractivity contribution in [3.8, 4) is 0 Å². The summed E-state index contributed by atoms with van der Waals surface area (Å²) in [5.41, 5.74) is -0.0162. The molecule has 0 aliphatic carbocycles. The number of sulfone groups is 1. The number of fused-ring (bicyclic) bond motifs is 1. The van der Waals surface area contributed by atoms with Crippen molar-refractivity contribution < 1.29 is 22.0 Å². The molecule has 3 rings (SSSR count). The quantitative estimate of drug-likeness (QED) is 0.501. The fraction of sp³-hybridized carbons (Fsp3) is 0.300. The van der Waals surface area contributed by atoms with E-state index in [4.69, 9.17) is 0 Å². The number of carbonyl (C=O) groups is 1. The van der Waals surface area contributed by atoms with Crippen LogP contribution >= 0.6 is 23.7 Å². The zero-order valence-electron chi connectivity index (χ0n) is 17.1. The first-order valence-corrected chi connectivity index (χ1v) is 11.6. The molecule has 0 saturated heterocycles. The maximum atomic E-state index is 14.1. The molecule has 6 nitrogen and oxygen atoms in total. The molecule has 0 aliphatic heterocycles. The van der Waals surface area contributed by atoms with Gasteiger partial charge in [0.2, 0.25) is 0 Å². The first-order chi connectivity index (χ1) is 14.1. The normalized spacial score (nSPS) is 11.5. The van der Waals surface area contributed by atoms with Gasteiger partial charge >= 0.3 is 0 Å². The highest BCUT2D eigenvalue weighted by Gasteiger charge is 2.27. The Morgan fingerprint density at radius 1 is 1.13 bits per heavy atom. The van der Waals surface area contributed by atoms with Crippen LogP contribution in [0.25, 0.3) is 10.2 Å². The van der Waals surface area contributed by atoms with E-state index in [2.05, 4.69) is 4.98 Å². The molecule has 0 saturated carbocycles. The topological polar surface area (TPSA) is 70.6 Å². The van der Waals surface area contributed by atoms with E-state index in [0.717, 1.165) is 23.5 Å². The highest BCUT2D eigenvalue weighted by molar-refractivity contribution is 7.91. The molecule has 1 aromatic heterocycles. The molecule has 0 N–H and O–H groups in total. The van der Waals surface area contributed by atoms with Crippen molar-refractivity contribution in [2.45, 2.75) is 11.8 Å². The highest BCUT2D eigenvalue weighted by atomic mass is 35.5. The maximum absolute atomic E-state index is 14.1. The van der Waals surface area contributed by atoms with Crippen LogP contribution in [-0.2, 0) is 9.84 Å². The number of benzene rings is 2. The van der Waals surface area contributed by atoms with Crippen LogP contribution in [0, 0.1) is 11.6 Å². The fourth-order valence-corrected chi connectivity index (χ4v) is 4.98. The van der Waals surface area contributed by atoms with Gasteiger partial charge in [0, 0.05) is 19.2 Å². The van der Waals surface area contributed by atoms with E-state index in [1.165, 1.54) is 24.0 Å². The summed E-state index contributed by atoms with van der Waals surface area (Å²) in [6, 6.07) is 7.87. The minimum Gasteiger partial charge on any atom is -0.308 e. The van der Waals surface area contributed by atoms with E-state index in [1.807, 2.05) is 19.0 Å². The van der Waals surface area contributed by atoms with Crippen molar-refractivity contribution in [2.75, 3.05) is 37.8 Å². The predicted octanol–water partition coefficient (Wildman–Crippen LogP) is 4.00. The van der Waals surface area contributed by atoms with Crippen molar-refractivity contribution >= 4 is 54.8 Å². The van der Waals surface area contributed by atoms with Crippen molar-refractivity contribution in [3.63, 3.8) is 0 Å². The lowest BCUT2D eigenvalue weighted by molar-refractivity contribution is 0.0982. The molecule has 1 amide bonds. The molecule has 168 valence electrons. The van der Waals surface area contributed by atoms with Crippen LogP contribution in [0.15, 0.2) is 41.3 Å². The number of nitrogens with zero attached hydrogens (tertiary/aromatic N) is 3. The molecule has 0 aliphatic rings. The number of rotatable bonds is 7. The Morgan fingerprint density at radius 2 is 1.81 bits per heavy atom. The number of hydrogen-bond donors (Lipinski definition) is 0. The second kappa shape index (κ2) is 9.99. The largest absolute Gasteiger partial charge is 0.308 e. The fourth-order valence-electron chi connectivity index (χ4n) is 2.86. The second-order valence-electron chi connectivity index (χ2n) is 6.89. The SMILES string of the molecule is CCS(=O)(=O)c1ccccc1C(=O)N(CCN(C)C)c1nc2c(F)cc(F)cc2s1.Cl. The molecular formula is C20H22ClF2N3O3S2. The van der Waals surface area contributed by atoms with Gasteiger partial charge in [0.1, 0.15) is 11.3 Å². The summed E-state index contributed by atoms with van der Waals surface area (Å²) in [7, 11) is 0.00756. The lowest BCUT2D eigenvalue weighted by Gasteiger charge is -2.23. The number of anilines is 1. The van der Waals surface area contributed by atoms with Gasteiger partial charge in [-0.15, -0.1) is 12.4 Å². The zero-order chi connectivity index (χ0) is 22.1. The number of likely N-dealkylation sites (N-methyl/N-ethyl adjacent to an activating group) is 1. The van der Waals surface area contributed by atoms with Crippen LogP contribution in [0.3, 0.4) is 0 Å². The third-order valence-electron chi connectivity index (χ3n) is 4.48. The van der Waals surface area contributed by atoms with Crippen LogP contribution in [0.1, 0.15) is 17.3 Å². The molecule has 2 aromatic carbocycles. The Bertz CT molecular complexity index is 1200. The molecule has 0 atom stereocenters. The summed E-state index contributed by atoms with van der Waals surface area (Å²) in [6.07, 6.45) is 0. The third kappa shape index (κ3) is 5.38. The minimum atomic E-state index is -3.64. The van der Waals surface area contributed by atoms with Gasteiger partial charge in [-0.05, 0) is 32.3 Å². The van der Waals surface area contributed by atoms with Crippen molar-refractivity contribution in [3.05, 3.63) is 53.6 Å². The average molecular weight is 490 g/mol. The van der Waals surface area contributed by atoms with Crippen LogP contribution in [-0.4, -0.2) is 57.1 Å². The van der Waals surface area contributed by atoms with Crippen molar-refractivity contribution in [2.24, 2.45) is 0 Å². The van der Waals surface area contributed by atoms with E-state index < -0.39 is 27.4 Å². The van der Waals surface area contributed by atoms with Gasteiger partial charge in [0.15, 0.2) is 20.8 Å². The number of hydrogen-bond acceptors (Lipinski definition) is 6. The van der Waals surface area contributed by atoms with Crippen molar-refractivity contribution in [1.29, 1.82) is 0 Å². The third-order valence-corrected chi connectivity index (χ3v) is 7.29. The molecule has 0 bridgehead atoms. The van der Waals surface area contributed by atoms with E-state index in [-0.39, 0.29) is 50.5 Å². The predicted molar refractivity (Wildman–Crippen MR) is 121 cm³/mol. The van der Waals surface area contributed by atoms with Crippen LogP contribution < -0.4 is 4.90 Å². The van der Waals surface area contributed by atoms with Crippen molar-refractivity contribution in [1.82, 2.24) is 9.88 Å². The van der Waals surface area contributed by atoms with Gasteiger partial charge in [0.25, 0.3) is 5.91 Å². The summed E-state index contributed by atoms with van der Waals surface area (Å²) >= 11 is 0.973. The van der Waals surface area contributed by atoms with Gasteiger partial charge in [-0.2, -0.15) is 0 Å². The summed E-state index contributed by atoms with van der Waals surface area (Å²) in [5.74, 6) is -2.27. The van der Waals surface area contributed by atoms with E-state index in [9.17, 15) is 22.0 Å². The minimum absolute atomic E-state index is 0. The number of carbonyl (C=O) groups excluding carboxylic acids is 1. The Morgan fingerprint density at radius 3 is 2.45 bits per heavy atom. The second-order valence-corrected chi connectivity index (χ2v) is 10.1. The molecule has 31 heavy (non-hydrogen) atoms. The van der Waals surface area contributed by atoms with Gasteiger partial charge in [-0.3, -0.25) is 9.69 Å². The van der Waals surface area contributed by atoms with Crippen LogP contribution in [0.2, 0.25) is 0 Å². The number of aromatic nitrogens is 1. The monoisotopic (exact) mass is 489 g/mol. The summed E-state index contributed by atoms with van der Waals surface area (Å²) in [4.78, 5) is 20.7. The highest BCUT2D eigenvalue weighted by Crippen LogP contribution is 2.32. The first kappa shape index (κ1) is 25.1. The Labute approximate surface area is 189 Å². The molecular weight excluding hydrogens is 468 g/mol. The summed E-state index contributed by atoms with van der Waals surface area (Å²) < 4.78 is 53.0.